The number of aryl methyl sites for hydroxylation is 1. The summed E-state index contributed by atoms with van der Waals surface area (Å²) in [4.78, 5) is 11.3. The SMILES string of the molecule is COCCOCC(=O)Oc1cc(C)ccc1F. The molecule has 0 bridgehead atoms. The molecule has 0 aromatic heterocycles. The molecule has 0 fully saturated rings. The molecule has 0 aliphatic carbocycles. The van der Waals surface area contributed by atoms with Crippen molar-refractivity contribution >= 4 is 5.97 Å². The van der Waals surface area contributed by atoms with E-state index in [0.29, 0.717) is 13.2 Å². The molecule has 0 N–H and O–H groups in total. The molecule has 0 saturated carbocycles. The molecule has 0 amide bonds. The third-order valence-electron chi connectivity index (χ3n) is 1.96. The van der Waals surface area contributed by atoms with Gasteiger partial charge in [0.15, 0.2) is 11.6 Å². The van der Waals surface area contributed by atoms with Gasteiger partial charge in [0.05, 0.1) is 13.2 Å². The zero-order valence-electron chi connectivity index (χ0n) is 9.86. The van der Waals surface area contributed by atoms with Gasteiger partial charge in [0.25, 0.3) is 0 Å². The van der Waals surface area contributed by atoms with E-state index in [1.807, 2.05) is 0 Å². The number of hydrogen-bond donors (Lipinski definition) is 0. The van der Waals surface area contributed by atoms with E-state index in [4.69, 9.17) is 14.2 Å². The number of rotatable bonds is 6. The lowest BCUT2D eigenvalue weighted by molar-refractivity contribution is -0.140. The highest BCUT2D eigenvalue weighted by Crippen LogP contribution is 2.18. The van der Waals surface area contributed by atoms with Gasteiger partial charge in [-0.15, -0.1) is 0 Å². The van der Waals surface area contributed by atoms with Crippen molar-refractivity contribution in [1.29, 1.82) is 0 Å². The number of halogens is 1. The number of carbonyl (C=O) groups is 1. The van der Waals surface area contributed by atoms with Crippen LogP contribution < -0.4 is 4.74 Å². The molecule has 0 saturated heterocycles. The van der Waals surface area contributed by atoms with E-state index in [2.05, 4.69) is 0 Å². The smallest absolute Gasteiger partial charge is 0.337 e. The molecule has 17 heavy (non-hydrogen) atoms. The van der Waals surface area contributed by atoms with Crippen molar-refractivity contribution < 1.29 is 23.4 Å². The molecule has 94 valence electrons. The van der Waals surface area contributed by atoms with Crippen LogP contribution in [0.5, 0.6) is 5.75 Å². The predicted octanol–water partition coefficient (Wildman–Crippen LogP) is 1.70. The van der Waals surface area contributed by atoms with E-state index in [0.717, 1.165) is 5.56 Å². The van der Waals surface area contributed by atoms with E-state index in [9.17, 15) is 9.18 Å². The largest absolute Gasteiger partial charge is 0.422 e. The van der Waals surface area contributed by atoms with Crippen molar-refractivity contribution in [1.82, 2.24) is 0 Å². The first-order valence-corrected chi connectivity index (χ1v) is 5.17. The van der Waals surface area contributed by atoms with Gasteiger partial charge in [-0.2, -0.15) is 0 Å². The minimum absolute atomic E-state index is 0.0784. The van der Waals surface area contributed by atoms with Gasteiger partial charge in [-0.1, -0.05) is 6.07 Å². The van der Waals surface area contributed by atoms with Crippen LogP contribution in [0.25, 0.3) is 0 Å². The normalized spacial score (nSPS) is 10.3. The van der Waals surface area contributed by atoms with Crippen molar-refractivity contribution in [3.8, 4) is 5.75 Å². The zero-order chi connectivity index (χ0) is 12.7. The summed E-state index contributed by atoms with van der Waals surface area (Å²) < 4.78 is 27.8. The summed E-state index contributed by atoms with van der Waals surface area (Å²) in [5, 5.41) is 0. The van der Waals surface area contributed by atoms with E-state index in [1.165, 1.54) is 19.2 Å². The number of esters is 1. The van der Waals surface area contributed by atoms with Crippen LogP contribution in [0.3, 0.4) is 0 Å². The van der Waals surface area contributed by atoms with Gasteiger partial charge in [-0.05, 0) is 24.6 Å². The molecule has 1 rings (SSSR count). The van der Waals surface area contributed by atoms with Crippen LogP contribution >= 0.6 is 0 Å². The average Bonchev–Trinajstić information content (AvgIpc) is 2.29. The molecule has 0 unspecified atom stereocenters. The van der Waals surface area contributed by atoms with Crippen molar-refractivity contribution in [2.24, 2.45) is 0 Å². The third-order valence-corrected chi connectivity index (χ3v) is 1.96. The Morgan fingerprint density at radius 1 is 1.35 bits per heavy atom. The molecule has 1 aromatic rings. The van der Waals surface area contributed by atoms with E-state index < -0.39 is 11.8 Å². The Bertz CT molecular complexity index is 379. The molecule has 5 heteroatoms. The van der Waals surface area contributed by atoms with E-state index in [1.54, 1.807) is 13.0 Å². The minimum Gasteiger partial charge on any atom is -0.422 e. The molecule has 0 heterocycles. The molecular formula is C12H15FO4. The molecule has 1 aromatic carbocycles. The Hall–Kier alpha value is -1.46. The van der Waals surface area contributed by atoms with E-state index >= 15 is 0 Å². The number of carbonyl (C=O) groups excluding carboxylic acids is 1. The molecular weight excluding hydrogens is 227 g/mol. The fourth-order valence-corrected chi connectivity index (χ4v) is 1.14. The highest BCUT2D eigenvalue weighted by molar-refractivity contribution is 5.73. The highest BCUT2D eigenvalue weighted by atomic mass is 19.1. The first-order valence-electron chi connectivity index (χ1n) is 5.17. The van der Waals surface area contributed by atoms with Crippen molar-refractivity contribution in [2.45, 2.75) is 6.92 Å². The third kappa shape index (κ3) is 4.93. The molecule has 0 aliphatic rings. The van der Waals surface area contributed by atoms with E-state index in [-0.39, 0.29) is 12.4 Å². The minimum atomic E-state index is -0.634. The number of hydrogen-bond acceptors (Lipinski definition) is 4. The molecule has 0 atom stereocenters. The van der Waals surface area contributed by atoms with Gasteiger partial charge in [-0.3, -0.25) is 0 Å². The van der Waals surface area contributed by atoms with Crippen molar-refractivity contribution in [3.63, 3.8) is 0 Å². The summed E-state index contributed by atoms with van der Waals surface area (Å²) in [6, 6.07) is 4.31. The summed E-state index contributed by atoms with van der Waals surface area (Å²) in [7, 11) is 1.53. The van der Waals surface area contributed by atoms with Crippen molar-refractivity contribution in [3.05, 3.63) is 29.6 Å². The predicted molar refractivity (Wildman–Crippen MR) is 59.5 cm³/mol. The maximum atomic E-state index is 13.2. The second kappa shape index (κ2) is 6.98. The van der Waals surface area contributed by atoms with Gasteiger partial charge in [0.1, 0.15) is 6.61 Å². The molecule has 0 radical (unpaired) electrons. The average molecular weight is 242 g/mol. The van der Waals surface area contributed by atoms with Gasteiger partial charge in [0.2, 0.25) is 0 Å². The van der Waals surface area contributed by atoms with Crippen molar-refractivity contribution in [2.75, 3.05) is 26.9 Å². The molecule has 0 spiro atoms. The maximum Gasteiger partial charge on any atom is 0.337 e. The maximum absolute atomic E-state index is 13.2. The first-order chi connectivity index (χ1) is 8.13. The summed E-state index contributed by atoms with van der Waals surface area (Å²) in [5.41, 5.74) is 0.814. The topological polar surface area (TPSA) is 44.8 Å². The fourth-order valence-electron chi connectivity index (χ4n) is 1.14. The summed E-state index contributed by atoms with van der Waals surface area (Å²) >= 11 is 0. The molecule has 0 aliphatic heterocycles. The lowest BCUT2D eigenvalue weighted by atomic mass is 10.2. The lowest BCUT2D eigenvalue weighted by Gasteiger charge is -2.06. The Morgan fingerprint density at radius 2 is 2.12 bits per heavy atom. The lowest BCUT2D eigenvalue weighted by Crippen LogP contribution is -2.17. The second-order valence-corrected chi connectivity index (χ2v) is 3.45. The van der Waals surface area contributed by atoms with Gasteiger partial charge in [0, 0.05) is 7.11 Å². The van der Waals surface area contributed by atoms with Crippen LogP contribution in [0.4, 0.5) is 4.39 Å². The van der Waals surface area contributed by atoms with Gasteiger partial charge >= 0.3 is 5.97 Å². The van der Waals surface area contributed by atoms with Gasteiger partial charge < -0.3 is 14.2 Å². The van der Waals surface area contributed by atoms with Crippen LogP contribution in [-0.4, -0.2) is 32.9 Å². The Balaban J connectivity index is 2.42. The van der Waals surface area contributed by atoms with Crippen LogP contribution in [0.1, 0.15) is 5.56 Å². The Kier molecular flexibility index (Phi) is 5.59. The second-order valence-electron chi connectivity index (χ2n) is 3.45. The van der Waals surface area contributed by atoms with Crippen LogP contribution in [-0.2, 0) is 14.3 Å². The first kappa shape index (κ1) is 13.6. The fraction of sp³-hybridized carbons (Fsp3) is 0.417. The number of methoxy groups -OCH3 is 1. The van der Waals surface area contributed by atoms with Crippen LogP contribution in [0, 0.1) is 12.7 Å². The zero-order valence-corrected chi connectivity index (χ0v) is 9.86. The Morgan fingerprint density at radius 3 is 2.82 bits per heavy atom. The summed E-state index contributed by atoms with van der Waals surface area (Å²) in [6.07, 6.45) is 0. The Labute approximate surface area is 99.3 Å². The number of ether oxygens (including phenoxy) is 3. The summed E-state index contributed by atoms with van der Waals surface area (Å²) in [6.45, 7) is 2.25. The quantitative estimate of drug-likeness (QED) is 0.432. The molecule has 4 nitrogen and oxygen atoms in total. The number of benzene rings is 1. The summed E-state index contributed by atoms with van der Waals surface area (Å²) in [5.74, 6) is -1.28. The van der Waals surface area contributed by atoms with Gasteiger partial charge in [-0.25, -0.2) is 9.18 Å². The monoisotopic (exact) mass is 242 g/mol. The highest BCUT2D eigenvalue weighted by Gasteiger charge is 2.09. The van der Waals surface area contributed by atoms with Crippen LogP contribution in [0.2, 0.25) is 0 Å². The van der Waals surface area contributed by atoms with Crippen LogP contribution in [0.15, 0.2) is 18.2 Å². The standard InChI is InChI=1S/C12H15FO4/c1-9-3-4-10(13)11(7-9)17-12(14)8-16-6-5-15-2/h3-4,7H,5-6,8H2,1-2H3.